The SMILES string of the molecule is CCCC/C=C\CCCCCCCC(=O)OC(CCCCCCCC)CCCCCCCC(=O)O. The van der Waals surface area contributed by atoms with Crippen molar-refractivity contribution in [2.45, 2.75) is 174 Å². The van der Waals surface area contributed by atoms with Gasteiger partial charge in [0.05, 0.1) is 0 Å². The molecule has 1 N–H and O–H groups in total. The lowest BCUT2D eigenvalue weighted by atomic mass is 10.0. The summed E-state index contributed by atoms with van der Waals surface area (Å²) in [6, 6.07) is 0. The highest BCUT2D eigenvalue weighted by atomic mass is 16.5. The highest BCUT2D eigenvalue weighted by Crippen LogP contribution is 2.18. The van der Waals surface area contributed by atoms with Crippen molar-refractivity contribution in [3.8, 4) is 0 Å². The van der Waals surface area contributed by atoms with E-state index in [0.717, 1.165) is 64.2 Å². The summed E-state index contributed by atoms with van der Waals surface area (Å²) in [6.45, 7) is 4.47. The van der Waals surface area contributed by atoms with Crippen molar-refractivity contribution in [1.82, 2.24) is 0 Å². The van der Waals surface area contributed by atoms with Crippen molar-refractivity contribution in [2.24, 2.45) is 0 Å². The summed E-state index contributed by atoms with van der Waals surface area (Å²) < 4.78 is 5.90. The maximum absolute atomic E-state index is 12.4. The van der Waals surface area contributed by atoms with Gasteiger partial charge in [-0.2, -0.15) is 0 Å². The fraction of sp³-hybridized carbons (Fsp3) is 0.871. The average Bonchev–Trinajstić information content (AvgIpc) is 2.83. The average molecular weight is 495 g/mol. The lowest BCUT2D eigenvalue weighted by molar-refractivity contribution is -0.150. The molecule has 0 bridgehead atoms. The summed E-state index contributed by atoms with van der Waals surface area (Å²) in [5.74, 6) is -0.716. The lowest BCUT2D eigenvalue weighted by Gasteiger charge is -2.18. The van der Waals surface area contributed by atoms with Crippen molar-refractivity contribution in [1.29, 1.82) is 0 Å². The van der Waals surface area contributed by atoms with Gasteiger partial charge in [-0.3, -0.25) is 9.59 Å². The van der Waals surface area contributed by atoms with Crippen LogP contribution in [0.5, 0.6) is 0 Å². The second-order valence-electron chi connectivity index (χ2n) is 10.3. The van der Waals surface area contributed by atoms with Crippen LogP contribution in [0.3, 0.4) is 0 Å². The molecule has 0 aromatic rings. The van der Waals surface area contributed by atoms with E-state index in [1.165, 1.54) is 77.0 Å². The molecule has 1 atom stereocenters. The normalized spacial score (nSPS) is 12.3. The van der Waals surface area contributed by atoms with Crippen molar-refractivity contribution in [3.05, 3.63) is 12.2 Å². The number of carbonyl (C=O) groups is 2. The molecular weight excluding hydrogens is 436 g/mol. The van der Waals surface area contributed by atoms with Gasteiger partial charge in [-0.05, 0) is 57.8 Å². The zero-order chi connectivity index (χ0) is 25.8. The van der Waals surface area contributed by atoms with Crippen LogP contribution in [0.15, 0.2) is 12.2 Å². The highest BCUT2D eigenvalue weighted by Gasteiger charge is 2.14. The second kappa shape index (κ2) is 27.3. The van der Waals surface area contributed by atoms with E-state index in [-0.39, 0.29) is 18.5 Å². The first-order valence-electron chi connectivity index (χ1n) is 15.2. The molecule has 206 valence electrons. The minimum Gasteiger partial charge on any atom is -0.481 e. The molecular formula is C31H58O4. The first kappa shape index (κ1) is 33.7. The third-order valence-corrected chi connectivity index (χ3v) is 6.74. The number of ether oxygens (including phenoxy) is 1. The van der Waals surface area contributed by atoms with E-state index in [0.29, 0.717) is 6.42 Å². The van der Waals surface area contributed by atoms with E-state index in [1.54, 1.807) is 0 Å². The molecule has 4 nitrogen and oxygen atoms in total. The first-order chi connectivity index (χ1) is 17.1. The number of allylic oxidation sites excluding steroid dienone is 2. The van der Waals surface area contributed by atoms with E-state index in [4.69, 9.17) is 9.84 Å². The third kappa shape index (κ3) is 27.1. The molecule has 0 radical (unpaired) electrons. The summed E-state index contributed by atoms with van der Waals surface area (Å²) in [7, 11) is 0. The Morgan fingerprint density at radius 2 is 1.06 bits per heavy atom. The van der Waals surface area contributed by atoms with Crippen LogP contribution < -0.4 is 0 Å². The minimum absolute atomic E-state index is 0.0127. The summed E-state index contributed by atoms with van der Waals surface area (Å²) in [4.78, 5) is 23.0. The molecule has 0 aliphatic rings. The van der Waals surface area contributed by atoms with Crippen molar-refractivity contribution in [3.63, 3.8) is 0 Å². The Hall–Kier alpha value is -1.32. The Morgan fingerprint density at radius 3 is 1.63 bits per heavy atom. The number of hydrogen-bond acceptors (Lipinski definition) is 3. The number of carbonyl (C=O) groups excluding carboxylic acids is 1. The van der Waals surface area contributed by atoms with Crippen LogP contribution in [0.4, 0.5) is 0 Å². The molecule has 0 spiro atoms. The van der Waals surface area contributed by atoms with Crippen LogP contribution >= 0.6 is 0 Å². The van der Waals surface area contributed by atoms with Crippen LogP contribution in [0.1, 0.15) is 168 Å². The second-order valence-corrected chi connectivity index (χ2v) is 10.3. The largest absolute Gasteiger partial charge is 0.481 e. The molecule has 35 heavy (non-hydrogen) atoms. The Bertz CT molecular complexity index is 500. The monoisotopic (exact) mass is 494 g/mol. The number of carboxylic acid groups (broad SMARTS) is 1. The minimum atomic E-state index is -0.703. The highest BCUT2D eigenvalue weighted by molar-refractivity contribution is 5.69. The van der Waals surface area contributed by atoms with E-state index >= 15 is 0 Å². The molecule has 0 rings (SSSR count). The van der Waals surface area contributed by atoms with Crippen LogP contribution in [-0.2, 0) is 14.3 Å². The lowest BCUT2D eigenvalue weighted by Crippen LogP contribution is -2.18. The maximum Gasteiger partial charge on any atom is 0.306 e. The molecule has 0 aromatic heterocycles. The van der Waals surface area contributed by atoms with E-state index in [2.05, 4.69) is 26.0 Å². The fourth-order valence-electron chi connectivity index (χ4n) is 4.46. The van der Waals surface area contributed by atoms with Crippen LogP contribution in [-0.4, -0.2) is 23.1 Å². The first-order valence-corrected chi connectivity index (χ1v) is 15.2. The Balaban J connectivity index is 4.00. The van der Waals surface area contributed by atoms with Crippen molar-refractivity contribution < 1.29 is 19.4 Å². The molecule has 0 heterocycles. The number of rotatable bonds is 27. The third-order valence-electron chi connectivity index (χ3n) is 6.74. The standard InChI is InChI=1S/C31H58O4/c1-3-5-7-9-11-12-13-14-15-20-24-28-31(34)35-29(25-21-17-10-8-6-4-2)26-22-18-16-19-23-27-30(32)33/h9,11,29H,3-8,10,12-28H2,1-2H3,(H,32,33)/b11-9-. The molecule has 0 saturated carbocycles. The van der Waals surface area contributed by atoms with Gasteiger partial charge >= 0.3 is 11.9 Å². The molecule has 1 unspecified atom stereocenters. The quantitative estimate of drug-likeness (QED) is 0.0701. The van der Waals surface area contributed by atoms with Gasteiger partial charge in [-0.1, -0.05) is 109 Å². The van der Waals surface area contributed by atoms with Crippen LogP contribution in [0.25, 0.3) is 0 Å². The number of hydrogen-bond donors (Lipinski definition) is 1. The number of carboxylic acids is 1. The van der Waals surface area contributed by atoms with Crippen molar-refractivity contribution in [2.75, 3.05) is 0 Å². The van der Waals surface area contributed by atoms with E-state index < -0.39 is 5.97 Å². The van der Waals surface area contributed by atoms with Gasteiger partial charge in [0.1, 0.15) is 6.10 Å². The molecule has 0 fully saturated rings. The van der Waals surface area contributed by atoms with E-state index in [9.17, 15) is 9.59 Å². The smallest absolute Gasteiger partial charge is 0.306 e. The van der Waals surface area contributed by atoms with Gasteiger partial charge in [-0.25, -0.2) is 0 Å². The summed E-state index contributed by atoms with van der Waals surface area (Å²) in [6.07, 6.45) is 30.7. The maximum atomic E-state index is 12.4. The molecule has 4 heteroatoms. The molecule has 0 aliphatic heterocycles. The summed E-state index contributed by atoms with van der Waals surface area (Å²) >= 11 is 0. The van der Waals surface area contributed by atoms with Gasteiger partial charge < -0.3 is 9.84 Å². The Kier molecular flexibility index (Phi) is 26.2. The summed E-state index contributed by atoms with van der Waals surface area (Å²) in [5, 5.41) is 8.73. The number of unbranched alkanes of at least 4 members (excludes halogenated alkanes) is 16. The zero-order valence-electron chi connectivity index (χ0n) is 23.4. The predicted molar refractivity (Wildman–Crippen MR) is 149 cm³/mol. The van der Waals surface area contributed by atoms with Crippen LogP contribution in [0.2, 0.25) is 0 Å². The zero-order valence-corrected chi connectivity index (χ0v) is 23.4. The Labute approximate surface area is 217 Å². The van der Waals surface area contributed by atoms with Gasteiger partial charge in [-0.15, -0.1) is 0 Å². The number of esters is 1. The van der Waals surface area contributed by atoms with Crippen molar-refractivity contribution >= 4 is 11.9 Å². The summed E-state index contributed by atoms with van der Waals surface area (Å²) in [5.41, 5.74) is 0. The van der Waals surface area contributed by atoms with Gasteiger partial charge in [0.15, 0.2) is 0 Å². The van der Waals surface area contributed by atoms with Gasteiger partial charge in [0.2, 0.25) is 0 Å². The van der Waals surface area contributed by atoms with Gasteiger partial charge in [0, 0.05) is 12.8 Å². The predicted octanol–water partition coefficient (Wildman–Crippen LogP) is 9.94. The van der Waals surface area contributed by atoms with E-state index in [1.807, 2.05) is 0 Å². The molecule has 0 aromatic carbocycles. The van der Waals surface area contributed by atoms with Crippen LogP contribution in [0, 0.1) is 0 Å². The number of aliphatic carboxylic acids is 1. The molecule has 0 aliphatic carbocycles. The fourth-order valence-corrected chi connectivity index (χ4v) is 4.46. The van der Waals surface area contributed by atoms with Gasteiger partial charge in [0.25, 0.3) is 0 Å². The molecule has 0 saturated heterocycles. The molecule has 0 amide bonds. The topological polar surface area (TPSA) is 63.6 Å². The Morgan fingerprint density at radius 1 is 0.600 bits per heavy atom.